The number of benzene rings is 1. The normalized spacial score (nSPS) is 10.8. The smallest absolute Gasteiger partial charge is 0.119 e. The molecule has 0 aliphatic rings. The van der Waals surface area contributed by atoms with Gasteiger partial charge in [0.2, 0.25) is 0 Å². The zero-order valence-electron chi connectivity index (χ0n) is 12.9. The molecule has 4 heteroatoms. The molecule has 0 bridgehead atoms. The van der Waals surface area contributed by atoms with E-state index in [1.165, 1.54) is 0 Å². The first-order chi connectivity index (χ1) is 9.72. The predicted octanol–water partition coefficient (Wildman–Crippen LogP) is 2.76. The van der Waals surface area contributed by atoms with Crippen LogP contribution in [0.4, 0.5) is 5.69 Å². The van der Waals surface area contributed by atoms with E-state index >= 15 is 0 Å². The maximum absolute atomic E-state index is 5.65. The monoisotopic (exact) mass is 280 g/mol. The maximum atomic E-state index is 5.65. The molecule has 0 radical (unpaired) electrons. The van der Waals surface area contributed by atoms with Crippen LogP contribution in [0.3, 0.4) is 0 Å². The van der Waals surface area contributed by atoms with E-state index < -0.39 is 0 Å². The zero-order chi connectivity index (χ0) is 14.6. The van der Waals surface area contributed by atoms with Crippen LogP contribution in [-0.4, -0.2) is 40.0 Å². The lowest BCUT2D eigenvalue weighted by molar-refractivity contribution is 0.194. The van der Waals surface area contributed by atoms with Crippen molar-refractivity contribution in [1.82, 2.24) is 5.32 Å². The minimum absolute atomic E-state index is 0.553. The van der Waals surface area contributed by atoms with Gasteiger partial charge in [-0.2, -0.15) is 0 Å². The highest BCUT2D eigenvalue weighted by Crippen LogP contribution is 2.16. The number of hydrogen-bond donors (Lipinski definition) is 2. The molecule has 0 unspecified atom stereocenters. The number of anilines is 1. The largest absolute Gasteiger partial charge is 0.493 e. The second-order valence-corrected chi connectivity index (χ2v) is 5.25. The Labute approximate surface area is 122 Å². The molecule has 1 aromatic carbocycles. The Kier molecular flexibility index (Phi) is 8.83. The Morgan fingerprint density at radius 3 is 2.45 bits per heavy atom. The van der Waals surface area contributed by atoms with E-state index in [-0.39, 0.29) is 0 Å². The van der Waals surface area contributed by atoms with Crippen LogP contribution in [0.25, 0.3) is 0 Å². The standard InChI is InChI=1S/C16H28N2O2/c1-14(2)13-20-16-7-5-15(6-8-16)18-11-10-17-9-4-12-19-3/h5-8,14,17-18H,4,9-13H2,1-3H3. The van der Waals surface area contributed by atoms with Gasteiger partial charge in [-0.3, -0.25) is 0 Å². The summed E-state index contributed by atoms with van der Waals surface area (Å²) in [5.74, 6) is 1.49. The van der Waals surface area contributed by atoms with Crippen LogP contribution in [0.1, 0.15) is 20.3 Å². The average Bonchev–Trinajstić information content (AvgIpc) is 2.45. The summed E-state index contributed by atoms with van der Waals surface area (Å²) in [5.41, 5.74) is 1.13. The first-order valence-electron chi connectivity index (χ1n) is 7.38. The fourth-order valence-corrected chi connectivity index (χ4v) is 1.69. The zero-order valence-corrected chi connectivity index (χ0v) is 12.9. The van der Waals surface area contributed by atoms with E-state index in [9.17, 15) is 0 Å². The third-order valence-electron chi connectivity index (χ3n) is 2.77. The van der Waals surface area contributed by atoms with Gasteiger partial charge in [-0.15, -0.1) is 0 Å². The lowest BCUT2D eigenvalue weighted by Crippen LogP contribution is -2.23. The minimum Gasteiger partial charge on any atom is -0.493 e. The third-order valence-corrected chi connectivity index (χ3v) is 2.77. The molecule has 0 aliphatic heterocycles. The molecule has 0 saturated carbocycles. The molecular weight excluding hydrogens is 252 g/mol. The van der Waals surface area contributed by atoms with Crippen LogP contribution in [0.2, 0.25) is 0 Å². The molecule has 4 nitrogen and oxygen atoms in total. The summed E-state index contributed by atoms with van der Waals surface area (Å²) in [7, 11) is 1.73. The Balaban J connectivity index is 2.12. The fourth-order valence-electron chi connectivity index (χ4n) is 1.69. The van der Waals surface area contributed by atoms with Crippen molar-refractivity contribution in [3.63, 3.8) is 0 Å². The average molecular weight is 280 g/mol. The quantitative estimate of drug-likeness (QED) is 0.612. The van der Waals surface area contributed by atoms with Crippen molar-refractivity contribution in [3.8, 4) is 5.75 Å². The molecule has 114 valence electrons. The van der Waals surface area contributed by atoms with E-state index in [2.05, 4.69) is 36.6 Å². The molecule has 0 saturated heterocycles. The van der Waals surface area contributed by atoms with Crippen molar-refractivity contribution in [2.75, 3.05) is 45.3 Å². The summed E-state index contributed by atoms with van der Waals surface area (Å²) in [6.07, 6.45) is 1.05. The van der Waals surface area contributed by atoms with Crippen LogP contribution in [0.15, 0.2) is 24.3 Å². The van der Waals surface area contributed by atoms with Crippen LogP contribution < -0.4 is 15.4 Å². The Morgan fingerprint density at radius 2 is 1.80 bits per heavy atom. The van der Waals surface area contributed by atoms with E-state index in [1.54, 1.807) is 7.11 Å². The minimum atomic E-state index is 0.553. The van der Waals surface area contributed by atoms with Gasteiger partial charge < -0.3 is 20.1 Å². The van der Waals surface area contributed by atoms with Crippen molar-refractivity contribution in [1.29, 1.82) is 0 Å². The van der Waals surface area contributed by atoms with E-state index in [0.717, 1.165) is 50.7 Å². The number of hydrogen-bond acceptors (Lipinski definition) is 4. The third kappa shape index (κ3) is 8.02. The molecule has 0 amide bonds. The van der Waals surface area contributed by atoms with Crippen molar-refractivity contribution in [2.45, 2.75) is 20.3 Å². The van der Waals surface area contributed by atoms with Gasteiger partial charge in [-0.05, 0) is 43.1 Å². The van der Waals surface area contributed by atoms with Crippen LogP contribution in [0.5, 0.6) is 5.75 Å². The van der Waals surface area contributed by atoms with Gasteiger partial charge in [0.25, 0.3) is 0 Å². The summed E-state index contributed by atoms with van der Waals surface area (Å²) in [6, 6.07) is 8.13. The molecular formula is C16H28N2O2. The van der Waals surface area contributed by atoms with E-state index in [0.29, 0.717) is 5.92 Å². The summed E-state index contributed by atoms with van der Waals surface area (Å²) in [4.78, 5) is 0. The first-order valence-corrected chi connectivity index (χ1v) is 7.38. The lowest BCUT2D eigenvalue weighted by Gasteiger charge is -2.10. The molecule has 0 spiro atoms. The molecule has 0 aromatic heterocycles. The number of rotatable bonds is 11. The topological polar surface area (TPSA) is 42.5 Å². The SMILES string of the molecule is COCCCNCCNc1ccc(OCC(C)C)cc1. The molecule has 2 N–H and O–H groups in total. The summed E-state index contributed by atoms with van der Waals surface area (Å²) >= 11 is 0. The van der Waals surface area contributed by atoms with Crippen molar-refractivity contribution < 1.29 is 9.47 Å². The van der Waals surface area contributed by atoms with Crippen molar-refractivity contribution in [2.24, 2.45) is 5.92 Å². The number of nitrogens with one attached hydrogen (secondary N) is 2. The second-order valence-electron chi connectivity index (χ2n) is 5.25. The highest BCUT2D eigenvalue weighted by molar-refractivity contribution is 5.46. The van der Waals surface area contributed by atoms with Gasteiger partial charge in [-0.25, -0.2) is 0 Å². The number of ether oxygens (including phenoxy) is 2. The maximum Gasteiger partial charge on any atom is 0.119 e. The van der Waals surface area contributed by atoms with Crippen molar-refractivity contribution in [3.05, 3.63) is 24.3 Å². The Bertz CT molecular complexity index is 339. The predicted molar refractivity (Wildman–Crippen MR) is 84.6 cm³/mol. The van der Waals surface area contributed by atoms with Gasteiger partial charge in [0.15, 0.2) is 0 Å². The van der Waals surface area contributed by atoms with Crippen molar-refractivity contribution >= 4 is 5.69 Å². The lowest BCUT2D eigenvalue weighted by atomic mass is 10.2. The van der Waals surface area contributed by atoms with Crippen LogP contribution in [-0.2, 0) is 4.74 Å². The molecule has 0 aliphatic carbocycles. The molecule has 20 heavy (non-hydrogen) atoms. The molecule has 1 aromatic rings. The van der Waals surface area contributed by atoms with Gasteiger partial charge in [0, 0.05) is 32.5 Å². The van der Waals surface area contributed by atoms with E-state index in [4.69, 9.17) is 9.47 Å². The van der Waals surface area contributed by atoms with Crippen LogP contribution in [0, 0.1) is 5.92 Å². The molecule has 1 rings (SSSR count). The second kappa shape index (κ2) is 10.5. The van der Waals surface area contributed by atoms with Gasteiger partial charge in [0.1, 0.15) is 5.75 Å². The van der Waals surface area contributed by atoms with Gasteiger partial charge in [-0.1, -0.05) is 13.8 Å². The van der Waals surface area contributed by atoms with E-state index in [1.807, 2.05) is 12.1 Å². The molecule has 0 heterocycles. The van der Waals surface area contributed by atoms with Gasteiger partial charge in [0.05, 0.1) is 6.61 Å². The molecule has 0 fully saturated rings. The highest BCUT2D eigenvalue weighted by atomic mass is 16.5. The van der Waals surface area contributed by atoms with Gasteiger partial charge >= 0.3 is 0 Å². The molecule has 0 atom stereocenters. The Morgan fingerprint density at radius 1 is 1.05 bits per heavy atom. The highest BCUT2D eigenvalue weighted by Gasteiger charge is 1.97. The fraction of sp³-hybridized carbons (Fsp3) is 0.625. The number of methoxy groups -OCH3 is 1. The summed E-state index contributed by atoms with van der Waals surface area (Å²) in [6.45, 7) is 8.74. The summed E-state index contributed by atoms with van der Waals surface area (Å²) in [5, 5.41) is 6.75. The summed E-state index contributed by atoms with van der Waals surface area (Å²) < 4.78 is 10.6. The Hall–Kier alpha value is -1.26. The first kappa shape index (κ1) is 16.8. The van der Waals surface area contributed by atoms with Crippen LogP contribution >= 0.6 is 0 Å².